The number of carbonyl (C=O) groups excluding carboxylic acids is 3. The average molecular weight is 665 g/mol. The van der Waals surface area contributed by atoms with Crippen LogP contribution >= 0.6 is 11.3 Å². The van der Waals surface area contributed by atoms with Gasteiger partial charge in [-0.05, 0) is 58.6 Å². The first kappa shape index (κ1) is 34.0. The van der Waals surface area contributed by atoms with Crippen molar-refractivity contribution >= 4 is 45.3 Å². The minimum atomic E-state index is -1.14. The second kappa shape index (κ2) is 15.0. The van der Waals surface area contributed by atoms with E-state index in [1.807, 2.05) is 41.8 Å². The number of methoxy groups -OCH3 is 1. The number of ether oxygens (including phenoxy) is 3. The van der Waals surface area contributed by atoms with Gasteiger partial charge in [0.1, 0.15) is 28.8 Å². The number of thiazole rings is 1. The number of carbonyl (C=O) groups is 3. The molecule has 47 heavy (non-hydrogen) atoms. The van der Waals surface area contributed by atoms with Crippen LogP contribution in [-0.2, 0) is 14.3 Å². The van der Waals surface area contributed by atoms with Gasteiger partial charge in [-0.3, -0.25) is 4.79 Å². The number of hydrogen-bond donors (Lipinski definition) is 3. The van der Waals surface area contributed by atoms with Gasteiger partial charge < -0.3 is 35.1 Å². The third kappa shape index (κ3) is 8.13. The Morgan fingerprint density at radius 3 is 2.79 bits per heavy atom. The Kier molecular flexibility index (Phi) is 10.8. The number of nitrogens with one attached hydrogen (secondary N) is 3. The zero-order valence-electron chi connectivity index (χ0n) is 27.6. The summed E-state index contributed by atoms with van der Waals surface area (Å²) in [6, 6.07) is 6.29. The van der Waals surface area contributed by atoms with Crippen molar-refractivity contribution in [2.75, 3.05) is 39.2 Å². The number of amides is 3. The molecule has 1 aliphatic heterocycles. The number of pyridine rings is 1. The monoisotopic (exact) mass is 664 g/mol. The molecule has 1 saturated carbocycles. The summed E-state index contributed by atoms with van der Waals surface area (Å²) in [6.07, 6.45) is 7.19. The number of allylic oxidation sites excluding steroid dienone is 1. The van der Waals surface area contributed by atoms with E-state index in [1.165, 1.54) is 11.3 Å². The Balaban J connectivity index is 1.39. The molecule has 2 aromatic heterocycles. The van der Waals surface area contributed by atoms with Gasteiger partial charge in [0, 0.05) is 54.9 Å². The maximum absolute atomic E-state index is 13.8. The van der Waals surface area contributed by atoms with Gasteiger partial charge in [0.25, 0.3) is 0 Å². The summed E-state index contributed by atoms with van der Waals surface area (Å²) in [5, 5.41) is 12.6. The van der Waals surface area contributed by atoms with Gasteiger partial charge in [-0.1, -0.05) is 12.2 Å². The van der Waals surface area contributed by atoms with Crippen LogP contribution in [-0.4, -0.2) is 84.3 Å². The summed E-state index contributed by atoms with van der Waals surface area (Å²) in [4.78, 5) is 51.1. The topological polar surface area (TPSA) is 144 Å². The van der Waals surface area contributed by atoms with Crippen LogP contribution in [0.25, 0.3) is 22.3 Å². The lowest BCUT2D eigenvalue weighted by molar-refractivity contribution is -0.149. The van der Waals surface area contributed by atoms with Crippen LogP contribution in [0, 0.1) is 5.92 Å². The molecule has 1 aliphatic carbocycles. The standard InChI is InChI=1S/C34H44N6O6S/c1-6-45-31(42)34-19-22(34)11-9-7-8-10-15-40(4)33(43)38-25(30(41)39-34)14-16-46-29-18-27(28-20-47-32(37-28)35-21(2)3)36-26-17-23(44-5)12-13-24(26)29/h9,11-13,17-18,20-22,25H,6-8,10,14-16,19H2,1-5H3,(H,35,37)(H,38,43)(H,39,41)/b11-9-/t22-,25-,34+/m0/s1. The molecule has 2 aliphatic rings. The van der Waals surface area contributed by atoms with Crippen LogP contribution in [0.1, 0.15) is 52.9 Å². The number of rotatable bonds is 10. The fourth-order valence-electron chi connectivity index (χ4n) is 5.56. The van der Waals surface area contributed by atoms with E-state index in [9.17, 15) is 14.4 Å². The van der Waals surface area contributed by atoms with Gasteiger partial charge in [0.2, 0.25) is 5.91 Å². The molecule has 3 amide bonds. The molecule has 3 aromatic rings. The number of hydrogen-bond acceptors (Lipinski definition) is 10. The van der Waals surface area contributed by atoms with Crippen molar-refractivity contribution in [3.63, 3.8) is 0 Å². The molecular formula is C34H44N6O6S. The molecule has 12 nitrogen and oxygen atoms in total. The molecular weight excluding hydrogens is 620 g/mol. The number of fused-ring (bicyclic) bond motifs is 2. The normalized spacial score (nSPS) is 22.5. The summed E-state index contributed by atoms with van der Waals surface area (Å²) in [6.45, 7) is 6.70. The number of anilines is 1. The maximum Gasteiger partial charge on any atom is 0.332 e. The second-order valence-corrected chi connectivity index (χ2v) is 13.1. The Hall–Kier alpha value is -4.39. The summed E-state index contributed by atoms with van der Waals surface area (Å²) >= 11 is 1.50. The molecule has 5 rings (SSSR count). The van der Waals surface area contributed by atoms with Crippen molar-refractivity contribution < 1.29 is 28.6 Å². The smallest absolute Gasteiger partial charge is 0.332 e. The molecule has 0 radical (unpaired) electrons. The van der Waals surface area contributed by atoms with Gasteiger partial charge in [0.15, 0.2) is 5.13 Å². The minimum Gasteiger partial charge on any atom is -0.497 e. The molecule has 3 atom stereocenters. The fourth-order valence-corrected chi connectivity index (χ4v) is 6.41. The largest absolute Gasteiger partial charge is 0.497 e. The van der Waals surface area contributed by atoms with E-state index in [4.69, 9.17) is 24.2 Å². The molecule has 0 bridgehead atoms. The zero-order chi connectivity index (χ0) is 33.6. The van der Waals surface area contributed by atoms with Gasteiger partial charge in [-0.25, -0.2) is 19.6 Å². The SMILES string of the molecule is CCOC(=O)[C@@]12C[C@@H]1/C=C\CCCCN(C)C(=O)N[C@@H](CCOc1cc(-c3csc(NC(C)C)n3)nc3cc(OC)ccc13)C(=O)N2. The first-order valence-corrected chi connectivity index (χ1v) is 17.0. The number of aromatic nitrogens is 2. The second-order valence-electron chi connectivity index (χ2n) is 12.2. The lowest BCUT2D eigenvalue weighted by Gasteiger charge is -2.26. The van der Waals surface area contributed by atoms with E-state index in [1.54, 1.807) is 26.0 Å². The van der Waals surface area contributed by atoms with Crippen molar-refractivity contribution in [2.24, 2.45) is 5.92 Å². The number of esters is 1. The number of benzene rings is 1. The van der Waals surface area contributed by atoms with Crippen LogP contribution in [0.3, 0.4) is 0 Å². The molecule has 1 aromatic carbocycles. The van der Waals surface area contributed by atoms with Crippen LogP contribution in [0.15, 0.2) is 41.8 Å². The molecule has 1 fully saturated rings. The third-order valence-electron chi connectivity index (χ3n) is 8.27. The first-order chi connectivity index (χ1) is 22.6. The van der Waals surface area contributed by atoms with E-state index in [0.717, 1.165) is 29.8 Å². The highest BCUT2D eigenvalue weighted by molar-refractivity contribution is 7.14. The quantitative estimate of drug-likeness (QED) is 0.198. The third-order valence-corrected chi connectivity index (χ3v) is 9.04. The lowest BCUT2D eigenvalue weighted by atomic mass is 10.1. The molecule has 3 heterocycles. The Labute approximate surface area is 279 Å². The van der Waals surface area contributed by atoms with Crippen molar-refractivity contribution in [3.8, 4) is 22.9 Å². The summed E-state index contributed by atoms with van der Waals surface area (Å²) < 4.78 is 17.1. The predicted octanol–water partition coefficient (Wildman–Crippen LogP) is 5.14. The minimum absolute atomic E-state index is 0.0968. The highest BCUT2D eigenvalue weighted by Gasteiger charge is 2.61. The number of urea groups is 1. The Bertz CT molecular complexity index is 1630. The summed E-state index contributed by atoms with van der Waals surface area (Å²) in [5.41, 5.74) is 0.850. The van der Waals surface area contributed by atoms with Crippen molar-refractivity contribution in [1.29, 1.82) is 0 Å². The van der Waals surface area contributed by atoms with Crippen molar-refractivity contribution in [1.82, 2.24) is 25.5 Å². The lowest BCUT2D eigenvalue weighted by Crippen LogP contribution is -2.56. The summed E-state index contributed by atoms with van der Waals surface area (Å²) in [7, 11) is 3.31. The van der Waals surface area contributed by atoms with Crippen LogP contribution in [0.4, 0.5) is 9.93 Å². The Morgan fingerprint density at radius 2 is 2.02 bits per heavy atom. The highest BCUT2D eigenvalue weighted by Crippen LogP contribution is 2.46. The Morgan fingerprint density at radius 1 is 1.19 bits per heavy atom. The molecule has 0 saturated heterocycles. The van der Waals surface area contributed by atoms with E-state index in [-0.39, 0.29) is 37.6 Å². The molecule has 3 N–H and O–H groups in total. The van der Waals surface area contributed by atoms with Crippen LogP contribution < -0.4 is 25.4 Å². The molecule has 0 spiro atoms. The van der Waals surface area contributed by atoms with Gasteiger partial charge in [0.05, 0.1) is 31.5 Å². The maximum atomic E-state index is 13.8. The molecule has 252 valence electrons. The first-order valence-electron chi connectivity index (χ1n) is 16.1. The average Bonchev–Trinajstić information content (AvgIpc) is 3.54. The number of nitrogens with zero attached hydrogens (tertiary/aromatic N) is 3. The van der Waals surface area contributed by atoms with Crippen LogP contribution in [0.5, 0.6) is 11.5 Å². The van der Waals surface area contributed by atoms with E-state index in [0.29, 0.717) is 41.4 Å². The summed E-state index contributed by atoms with van der Waals surface area (Å²) in [5.74, 6) is 0.117. The van der Waals surface area contributed by atoms with Crippen molar-refractivity contribution in [2.45, 2.75) is 70.5 Å². The van der Waals surface area contributed by atoms with E-state index in [2.05, 4.69) is 29.8 Å². The predicted molar refractivity (Wildman–Crippen MR) is 182 cm³/mol. The van der Waals surface area contributed by atoms with Gasteiger partial charge >= 0.3 is 12.0 Å². The van der Waals surface area contributed by atoms with Crippen molar-refractivity contribution in [3.05, 3.63) is 41.8 Å². The highest BCUT2D eigenvalue weighted by atomic mass is 32.1. The molecule has 0 unspecified atom stereocenters. The zero-order valence-corrected chi connectivity index (χ0v) is 28.4. The molecule has 13 heteroatoms. The fraction of sp³-hybridized carbons (Fsp3) is 0.500. The van der Waals surface area contributed by atoms with E-state index < -0.39 is 23.5 Å². The van der Waals surface area contributed by atoms with Gasteiger partial charge in [-0.15, -0.1) is 11.3 Å². The van der Waals surface area contributed by atoms with Crippen LogP contribution in [0.2, 0.25) is 0 Å². The van der Waals surface area contributed by atoms with E-state index >= 15 is 0 Å². The van der Waals surface area contributed by atoms with Gasteiger partial charge in [-0.2, -0.15) is 0 Å².